The Kier molecular flexibility index (Phi) is 5.96. The fourth-order valence-electron chi connectivity index (χ4n) is 5.12. The van der Waals surface area contributed by atoms with Crippen LogP contribution in [0.25, 0.3) is 5.69 Å². The van der Waals surface area contributed by atoms with E-state index in [2.05, 4.69) is 40.7 Å². The normalized spacial score (nSPS) is 20.2. The van der Waals surface area contributed by atoms with E-state index in [9.17, 15) is 9.59 Å². The minimum atomic E-state index is -0.653. The predicted octanol–water partition coefficient (Wildman–Crippen LogP) is 2.62. The van der Waals surface area contributed by atoms with Crippen molar-refractivity contribution in [2.45, 2.75) is 6.42 Å². The number of primary amides is 1. The highest BCUT2D eigenvalue weighted by molar-refractivity contribution is 6.06. The van der Waals surface area contributed by atoms with Crippen LogP contribution in [0.15, 0.2) is 66.9 Å². The van der Waals surface area contributed by atoms with Gasteiger partial charge in [0.15, 0.2) is 0 Å². The fraction of sp³-hybridized carbons (Fsp3) is 0.308. The van der Waals surface area contributed by atoms with Crippen molar-refractivity contribution in [3.8, 4) is 5.69 Å². The summed E-state index contributed by atoms with van der Waals surface area (Å²) >= 11 is 0. The molecule has 7 heteroatoms. The first-order valence-corrected chi connectivity index (χ1v) is 11.4. The number of nitrogens with zero attached hydrogens (tertiary/aromatic N) is 4. The van der Waals surface area contributed by atoms with Gasteiger partial charge in [-0.3, -0.25) is 9.59 Å². The van der Waals surface area contributed by atoms with E-state index >= 15 is 0 Å². The molecule has 2 N–H and O–H groups in total. The van der Waals surface area contributed by atoms with Crippen LogP contribution in [0.3, 0.4) is 0 Å². The van der Waals surface area contributed by atoms with E-state index in [1.807, 2.05) is 41.3 Å². The number of nitrogens with two attached hydrogens (primary N) is 1. The van der Waals surface area contributed by atoms with E-state index in [4.69, 9.17) is 5.73 Å². The Bertz CT molecular complexity index is 1110. The van der Waals surface area contributed by atoms with Gasteiger partial charge in [0.25, 0.3) is 11.8 Å². The van der Waals surface area contributed by atoms with Crippen molar-refractivity contribution in [3.05, 3.63) is 90.1 Å². The second-order valence-electron chi connectivity index (χ2n) is 8.91. The number of carbonyl (C=O) groups is 2. The molecule has 2 aliphatic rings. The van der Waals surface area contributed by atoms with E-state index in [0.29, 0.717) is 30.6 Å². The Labute approximate surface area is 193 Å². The van der Waals surface area contributed by atoms with Gasteiger partial charge in [0.1, 0.15) is 5.69 Å². The summed E-state index contributed by atoms with van der Waals surface area (Å²) in [4.78, 5) is 29.9. The van der Waals surface area contributed by atoms with Gasteiger partial charge in [0.2, 0.25) is 0 Å². The number of hydrogen-bond acceptors (Lipinski definition) is 4. The SMILES string of the molecule is NC(=O)c1c(C(=O)N2CC3CN(CC[CH]c4ccccc4)C[C@H]3C2)cnn1-c1ccccc1. The summed E-state index contributed by atoms with van der Waals surface area (Å²) in [6.45, 7) is 4.45. The molecule has 2 aliphatic heterocycles. The molecule has 2 amide bonds. The zero-order chi connectivity index (χ0) is 22.8. The van der Waals surface area contributed by atoms with Gasteiger partial charge in [-0.05, 0) is 48.9 Å². The number of benzene rings is 2. The second-order valence-corrected chi connectivity index (χ2v) is 8.91. The topological polar surface area (TPSA) is 84.5 Å². The molecule has 0 saturated carbocycles. The van der Waals surface area contributed by atoms with E-state index in [1.165, 1.54) is 16.4 Å². The number of likely N-dealkylation sites (tertiary alicyclic amines) is 2. The first-order chi connectivity index (χ1) is 16.1. The van der Waals surface area contributed by atoms with E-state index in [-0.39, 0.29) is 17.2 Å². The van der Waals surface area contributed by atoms with Crippen LogP contribution < -0.4 is 5.73 Å². The molecule has 2 aromatic carbocycles. The maximum absolute atomic E-state index is 13.3. The maximum atomic E-state index is 13.3. The van der Waals surface area contributed by atoms with E-state index < -0.39 is 5.91 Å². The zero-order valence-corrected chi connectivity index (χ0v) is 18.5. The van der Waals surface area contributed by atoms with Crippen molar-refractivity contribution < 1.29 is 9.59 Å². The molecule has 0 spiro atoms. The third kappa shape index (κ3) is 4.41. The lowest BCUT2D eigenvalue weighted by Gasteiger charge is -2.21. The third-order valence-electron chi connectivity index (χ3n) is 6.71. The standard InChI is InChI=1S/C26H28N5O2/c27-25(32)24-23(14-28-31(24)22-11-5-2-6-12-22)26(33)30-17-20-15-29(16-21(20)18-30)13-7-10-19-8-3-1-4-9-19/h1-6,8-12,14,20-21H,7,13,15-18H2,(H2,27,32)/t20-,21?/m0/s1. The number of carbonyl (C=O) groups excluding carboxylic acids is 2. The second kappa shape index (κ2) is 9.19. The van der Waals surface area contributed by atoms with Crippen LogP contribution in [-0.2, 0) is 0 Å². The lowest BCUT2D eigenvalue weighted by Crippen LogP contribution is -2.34. The molecule has 3 aromatic rings. The number of para-hydroxylation sites is 1. The number of amides is 2. The molecule has 3 heterocycles. The summed E-state index contributed by atoms with van der Waals surface area (Å²) in [5, 5.41) is 4.30. The van der Waals surface area contributed by atoms with Crippen molar-refractivity contribution in [1.29, 1.82) is 0 Å². The average molecular weight is 443 g/mol. The highest BCUT2D eigenvalue weighted by atomic mass is 16.2. The molecule has 33 heavy (non-hydrogen) atoms. The van der Waals surface area contributed by atoms with Crippen molar-refractivity contribution in [2.24, 2.45) is 17.6 Å². The van der Waals surface area contributed by atoms with Crippen LogP contribution in [0, 0.1) is 18.3 Å². The van der Waals surface area contributed by atoms with Gasteiger partial charge in [-0.2, -0.15) is 5.10 Å². The summed E-state index contributed by atoms with van der Waals surface area (Å²) in [6.07, 6.45) is 4.77. The summed E-state index contributed by atoms with van der Waals surface area (Å²) in [5.74, 6) is 0.114. The summed E-state index contributed by atoms with van der Waals surface area (Å²) in [5.41, 5.74) is 8.03. The highest BCUT2D eigenvalue weighted by Crippen LogP contribution is 2.32. The number of fused-ring (bicyclic) bond motifs is 1. The maximum Gasteiger partial charge on any atom is 0.268 e. The van der Waals surface area contributed by atoms with E-state index in [0.717, 1.165) is 26.1 Å². The zero-order valence-electron chi connectivity index (χ0n) is 18.5. The predicted molar refractivity (Wildman–Crippen MR) is 126 cm³/mol. The van der Waals surface area contributed by atoms with Crippen LogP contribution in [-0.4, -0.2) is 64.1 Å². The van der Waals surface area contributed by atoms with Gasteiger partial charge in [-0.1, -0.05) is 48.5 Å². The first-order valence-electron chi connectivity index (χ1n) is 11.4. The van der Waals surface area contributed by atoms with Gasteiger partial charge in [0, 0.05) is 26.2 Å². The molecule has 1 radical (unpaired) electrons. The van der Waals surface area contributed by atoms with Gasteiger partial charge in [-0.15, -0.1) is 0 Å². The van der Waals surface area contributed by atoms with Crippen molar-refractivity contribution in [3.63, 3.8) is 0 Å². The molecular formula is C26H28N5O2. The summed E-state index contributed by atoms with van der Waals surface area (Å²) in [7, 11) is 0. The van der Waals surface area contributed by atoms with Crippen molar-refractivity contribution >= 4 is 11.8 Å². The molecule has 7 nitrogen and oxygen atoms in total. The van der Waals surface area contributed by atoms with Crippen LogP contribution in [0.5, 0.6) is 0 Å². The molecule has 0 bridgehead atoms. The van der Waals surface area contributed by atoms with Crippen LogP contribution in [0.1, 0.15) is 32.8 Å². The Morgan fingerprint density at radius 2 is 1.58 bits per heavy atom. The van der Waals surface area contributed by atoms with Crippen molar-refractivity contribution in [1.82, 2.24) is 19.6 Å². The largest absolute Gasteiger partial charge is 0.364 e. The molecule has 0 aliphatic carbocycles. The molecule has 2 fully saturated rings. The number of hydrogen-bond donors (Lipinski definition) is 1. The monoisotopic (exact) mass is 442 g/mol. The lowest BCUT2D eigenvalue weighted by molar-refractivity contribution is 0.0768. The number of aromatic nitrogens is 2. The first kappa shape index (κ1) is 21.4. The Hall–Kier alpha value is -3.45. The Morgan fingerprint density at radius 1 is 0.939 bits per heavy atom. The molecule has 1 unspecified atom stereocenters. The minimum absolute atomic E-state index is 0.140. The Morgan fingerprint density at radius 3 is 2.21 bits per heavy atom. The van der Waals surface area contributed by atoms with E-state index in [1.54, 1.807) is 0 Å². The highest BCUT2D eigenvalue weighted by Gasteiger charge is 2.42. The molecule has 2 atom stereocenters. The van der Waals surface area contributed by atoms with Gasteiger partial charge < -0.3 is 15.5 Å². The fourth-order valence-corrected chi connectivity index (χ4v) is 5.12. The van der Waals surface area contributed by atoms with Gasteiger partial charge in [-0.25, -0.2) is 4.68 Å². The van der Waals surface area contributed by atoms with Crippen LogP contribution in [0.4, 0.5) is 0 Å². The quantitative estimate of drug-likeness (QED) is 0.610. The summed E-state index contributed by atoms with van der Waals surface area (Å²) < 4.78 is 1.46. The molecule has 2 saturated heterocycles. The smallest absolute Gasteiger partial charge is 0.268 e. The van der Waals surface area contributed by atoms with Gasteiger partial charge in [0.05, 0.1) is 17.4 Å². The van der Waals surface area contributed by atoms with Crippen molar-refractivity contribution in [2.75, 3.05) is 32.7 Å². The van der Waals surface area contributed by atoms with Crippen LogP contribution >= 0.6 is 0 Å². The Balaban J connectivity index is 1.20. The molecular weight excluding hydrogens is 414 g/mol. The summed E-state index contributed by atoms with van der Waals surface area (Å²) in [6, 6.07) is 19.7. The molecule has 1 aromatic heterocycles. The molecule has 5 rings (SSSR count). The minimum Gasteiger partial charge on any atom is -0.364 e. The number of rotatable bonds is 7. The molecule has 169 valence electrons. The van der Waals surface area contributed by atoms with Gasteiger partial charge >= 0.3 is 0 Å². The average Bonchev–Trinajstić information content (AvgIpc) is 3.53. The van der Waals surface area contributed by atoms with Crippen LogP contribution in [0.2, 0.25) is 0 Å². The lowest BCUT2D eigenvalue weighted by atomic mass is 10.0. The third-order valence-corrected chi connectivity index (χ3v) is 6.71.